The standard InChI is InChI=1S/C57H70N10O12S2/c1-34-49(70)63-44(30-36-14-7-3-8-15-36)53(74)62-42(57(78)79)25-27-80-33-81-32-46(54(75)61-41(23-24-48(59)69)51(72)64-43(52(73)60-34)29-35-12-5-2-6-13-35)66-55(76)47-18-11-26-67(47)56(77)45(31-37-16-9-4-10-17-37)65-50(71)40(58)28-38-19-21-39(68)22-20-38/h2-10,12-17,19-22,34,40-47,68H,11,18,23-33,58H2,1H3,(H2,59,69)(H,60,73)(H,61,75)(H,62,74)(H,63,70)(H,64,72)(H,65,71)(H,66,76)(H,78,79)/t34-,40+,41-,42-,43-,44-,45-,46+,47-/m0/s1. The minimum atomic E-state index is -1.51. The number of benzene rings is 4. The summed E-state index contributed by atoms with van der Waals surface area (Å²) >= 11 is 2.47. The van der Waals surface area contributed by atoms with Crippen molar-refractivity contribution in [3.63, 3.8) is 0 Å². The van der Waals surface area contributed by atoms with Gasteiger partial charge in [-0.3, -0.25) is 43.2 Å². The second-order valence-electron chi connectivity index (χ2n) is 19.9. The van der Waals surface area contributed by atoms with Crippen LogP contribution in [0.3, 0.4) is 0 Å². The number of nitrogens with one attached hydrogen (secondary N) is 7. The Kier molecular flexibility index (Phi) is 23.9. The number of hydrogen-bond donors (Lipinski definition) is 11. The lowest BCUT2D eigenvalue weighted by Crippen LogP contribution is -2.60. The molecule has 0 bridgehead atoms. The molecule has 22 nitrogen and oxygen atoms in total. The molecule has 0 unspecified atom stereocenters. The van der Waals surface area contributed by atoms with E-state index in [2.05, 4.69) is 37.2 Å². The number of likely N-dealkylation sites (tertiary alicyclic amines) is 1. The zero-order chi connectivity index (χ0) is 58.4. The summed E-state index contributed by atoms with van der Waals surface area (Å²) in [5.74, 6) is -8.09. The van der Waals surface area contributed by atoms with Crippen molar-refractivity contribution < 1.29 is 58.2 Å². The molecule has 0 saturated carbocycles. The number of nitrogens with two attached hydrogens (primary N) is 2. The maximum absolute atomic E-state index is 14.6. The van der Waals surface area contributed by atoms with Gasteiger partial charge in [-0.1, -0.05) is 103 Å². The lowest BCUT2D eigenvalue weighted by molar-refractivity contribution is -0.142. The summed E-state index contributed by atoms with van der Waals surface area (Å²) in [6, 6.07) is 20.8. The Morgan fingerprint density at radius 1 is 0.667 bits per heavy atom. The maximum Gasteiger partial charge on any atom is 0.326 e. The number of phenolic OH excluding ortho intramolecular Hbond substituents is 1. The van der Waals surface area contributed by atoms with Gasteiger partial charge in [-0.25, -0.2) is 4.79 Å². The number of rotatable bonds is 17. The number of thioether (sulfide) groups is 2. The number of carbonyl (C=O) groups excluding carboxylic acids is 9. The van der Waals surface area contributed by atoms with E-state index >= 15 is 0 Å². The molecular formula is C57H70N10O12S2. The van der Waals surface area contributed by atoms with Gasteiger partial charge in [0.1, 0.15) is 54.1 Å². The average molecular weight is 1150 g/mol. The van der Waals surface area contributed by atoms with Crippen molar-refractivity contribution in [1.82, 2.24) is 42.1 Å². The van der Waals surface area contributed by atoms with E-state index in [4.69, 9.17) is 11.5 Å². The first kappa shape index (κ1) is 62.2. The fourth-order valence-electron chi connectivity index (χ4n) is 9.17. The van der Waals surface area contributed by atoms with Crippen LogP contribution in [0.2, 0.25) is 0 Å². The SMILES string of the molecule is C[C@@H]1NC(=O)[C@H](Cc2ccccc2)NC(=O)[C@H](CCC(N)=O)NC(=O)[C@H](NC(=O)[C@@H]2CCCN2C(=O)[C@H](Cc2ccccc2)NC(=O)[C@H](N)Cc2ccc(O)cc2)CSCSCC[C@@H](C(=O)O)NC(=O)[C@H](Cc2ccccc2)NC1=O. The van der Waals surface area contributed by atoms with Gasteiger partial charge in [-0.2, -0.15) is 11.8 Å². The second kappa shape index (κ2) is 31.1. The Labute approximate surface area is 477 Å². The van der Waals surface area contributed by atoms with Crippen LogP contribution >= 0.6 is 23.5 Å². The number of phenols is 1. The summed E-state index contributed by atoms with van der Waals surface area (Å²) < 4.78 is 0. The van der Waals surface area contributed by atoms with E-state index in [1.54, 1.807) is 103 Å². The molecule has 2 saturated heterocycles. The van der Waals surface area contributed by atoms with Gasteiger partial charge in [0.2, 0.25) is 53.2 Å². The molecule has 24 heteroatoms. The number of aromatic hydroxyl groups is 1. The van der Waals surface area contributed by atoms with Crippen LogP contribution in [0.5, 0.6) is 5.75 Å². The normalized spacial score (nSPS) is 22.6. The molecule has 2 aliphatic heterocycles. The van der Waals surface area contributed by atoms with E-state index in [9.17, 15) is 58.2 Å². The number of carboxylic acid groups (broad SMARTS) is 1. The highest BCUT2D eigenvalue weighted by Crippen LogP contribution is 2.22. The van der Waals surface area contributed by atoms with Crippen LogP contribution < -0.4 is 48.7 Å². The average Bonchev–Trinajstić information content (AvgIpc) is 4.11. The van der Waals surface area contributed by atoms with Gasteiger partial charge in [0, 0.05) is 43.1 Å². The van der Waals surface area contributed by atoms with E-state index in [0.717, 1.165) is 0 Å². The molecule has 0 radical (unpaired) electrons. The number of hydrogen-bond acceptors (Lipinski definition) is 14. The van der Waals surface area contributed by atoms with Crippen molar-refractivity contribution in [3.8, 4) is 5.75 Å². The van der Waals surface area contributed by atoms with Crippen molar-refractivity contribution in [3.05, 3.63) is 138 Å². The summed E-state index contributed by atoms with van der Waals surface area (Å²) in [6.45, 7) is 1.49. The largest absolute Gasteiger partial charge is 0.508 e. The number of amides is 9. The van der Waals surface area contributed by atoms with Gasteiger partial charge in [-0.15, -0.1) is 11.8 Å². The van der Waals surface area contributed by atoms with Crippen molar-refractivity contribution in [2.24, 2.45) is 11.5 Å². The third kappa shape index (κ3) is 19.7. The van der Waals surface area contributed by atoms with Gasteiger partial charge in [0.25, 0.3) is 0 Å². The summed E-state index contributed by atoms with van der Waals surface area (Å²) in [5, 5.41) is 38.9. The van der Waals surface area contributed by atoms with Crippen LogP contribution in [-0.4, -0.2) is 152 Å². The monoisotopic (exact) mass is 1150 g/mol. The summed E-state index contributed by atoms with van der Waals surface area (Å²) in [7, 11) is 0. The fraction of sp³-hybridized carbons (Fsp3) is 0.404. The van der Waals surface area contributed by atoms with Gasteiger partial charge in [-0.05, 0) is 79.2 Å². The van der Waals surface area contributed by atoms with Gasteiger partial charge >= 0.3 is 5.97 Å². The van der Waals surface area contributed by atoms with Crippen molar-refractivity contribution in [2.45, 2.75) is 119 Å². The number of carbonyl (C=O) groups is 10. The number of nitrogens with zero attached hydrogens (tertiary/aromatic N) is 1. The van der Waals surface area contributed by atoms with Crippen LogP contribution in [0, 0.1) is 0 Å². The van der Waals surface area contributed by atoms with Crippen molar-refractivity contribution in [2.75, 3.05) is 23.1 Å². The van der Waals surface area contributed by atoms with Gasteiger partial charge < -0.3 is 63.8 Å². The zero-order valence-corrected chi connectivity index (χ0v) is 46.4. The van der Waals surface area contributed by atoms with Crippen LogP contribution in [0.4, 0.5) is 0 Å². The van der Waals surface area contributed by atoms with Crippen LogP contribution in [0.1, 0.15) is 61.3 Å². The van der Waals surface area contributed by atoms with Crippen LogP contribution in [-0.2, 0) is 73.6 Å². The van der Waals surface area contributed by atoms with Crippen molar-refractivity contribution >= 4 is 82.7 Å². The molecule has 13 N–H and O–H groups in total. The first-order valence-electron chi connectivity index (χ1n) is 26.6. The molecule has 2 aliphatic rings. The zero-order valence-electron chi connectivity index (χ0n) is 44.8. The predicted molar refractivity (Wildman–Crippen MR) is 305 cm³/mol. The summed E-state index contributed by atoms with van der Waals surface area (Å²) in [5.41, 5.74) is 14.5. The quantitative estimate of drug-likeness (QED) is 0.0689. The van der Waals surface area contributed by atoms with Crippen LogP contribution in [0.15, 0.2) is 115 Å². The molecule has 2 heterocycles. The fourth-order valence-corrected chi connectivity index (χ4v) is 11.4. The number of carboxylic acids is 1. The Bertz CT molecular complexity index is 2820. The van der Waals surface area contributed by atoms with Gasteiger partial charge in [0.15, 0.2) is 0 Å². The summed E-state index contributed by atoms with van der Waals surface area (Å²) in [4.78, 5) is 140. The molecular weight excluding hydrogens is 1080 g/mol. The molecule has 0 spiro atoms. The number of primary amides is 1. The Hall–Kier alpha value is -7.96. The Morgan fingerprint density at radius 2 is 1.21 bits per heavy atom. The van der Waals surface area contributed by atoms with E-state index in [1.165, 1.54) is 47.5 Å². The molecule has 0 aliphatic carbocycles. The van der Waals surface area contributed by atoms with E-state index in [1.807, 2.05) is 0 Å². The molecule has 9 amide bonds. The first-order valence-corrected chi connectivity index (χ1v) is 28.9. The Morgan fingerprint density at radius 3 is 1.80 bits per heavy atom. The molecule has 4 aromatic rings. The summed E-state index contributed by atoms with van der Waals surface area (Å²) in [6.07, 6.45) is -0.180. The molecule has 4 aromatic carbocycles. The highest BCUT2D eigenvalue weighted by atomic mass is 32.2. The minimum Gasteiger partial charge on any atom is -0.508 e. The molecule has 432 valence electrons. The Balaban J connectivity index is 1.26. The highest BCUT2D eigenvalue weighted by molar-refractivity contribution is 8.16. The molecule has 9 atom stereocenters. The second-order valence-corrected chi connectivity index (χ2v) is 22.4. The first-order chi connectivity index (χ1) is 38.8. The smallest absolute Gasteiger partial charge is 0.326 e. The van der Waals surface area contributed by atoms with E-state index in [0.29, 0.717) is 28.7 Å². The lowest BCUT2D eigenvalue weighted by Gasteiger charge is -2.31. The van der Waals surface area contributed by atoms with Crippen LogP contribution in [0.25, 0.3) is 0 Å². The number of aliphatic carboxylic acids is 1. The molecule has 0 aromatic heterocycles. The lowest BCUT2D eigenvalue weighted by atomic mass is 10.0. The van der Waals surface area contributed by atoms with Gasteiger partial charge in [0.05, 0.1) is 6.04 Å². The molecule has 6 rings (SSSR count). The highest BCUT2D eigenvalue weighted by Gasteiger charge is 2.40. The third-order valence-electron chi connectivity index (χ3n) is 13.6. The molecule has 2 fully saturated rings. The van der Waals surface area contributed by atoms with E-state index in [-0.39, 0.29) is 80.3 Å². The topological polar surface area (TPSA) is 351 Å². The van der Waals surface area contributed by atoms with Crippen molar-refractivity contribution in [1.29, 1.82) is 0 Å². The maximum atomic E-state index is 14.6. The molecule has 81 heavy (non-hydrogen) atoms. The van der Waals surface area contributed by atoms with E-state index < -0.39 is 114 Å². The predicted octanol–water partition coefficient (Wildman–Crippen LogP) is 0.572. The minimum absolute atomic E-state index is 0.0271. The third-order valence-corrected chi connectivity index (χ3v) is 16.0.